The first kappa shape index (κ1) is 23.1. The van der Waals surface area contributed by atoms with E-state index in [4.69, 9.17) is 4.74 Å². The van der Waals surface area contributed by atoms with Gasteiger partial charge in [-0.05, 0) is 54.7 Å². The number of rotatable bonds is 4. The van der Waals surface area contributed by atoms with E-state index in [0.29, 0.717) is 16.9 Å². The molecule has 34 heavy (non-hydrogen) atoms. The average molecular weight is 497 g/mol. The van der Waals surface area contributed by atoms with E-state index in [9.17, 15) is 9.59 Å². The molecule has 9 heteroatoms. The second-order valence-electron chi connectivity index (χ2n) is 9.90. The Kier molecular flexibility index (Phi) is 5.80. The van der Waals surface area contributed by atoms with Gasteiger partial charge in [0.15, 0.2) is 5.16 Å². The Labute approximate surface area is 206 Å². The summed E-state index contributed by atoms with van der Waals surface area (Å²) < 4.78 is 8.44. The van der Waals surface area contributed by atoms with Gasteiger partial charge in [-0.2, -0.15) is 0 Å². The summed E-state index contributed by atoms with van der Waals surface area (Å²) in [6.45, 7) is 8.87. The number of nitrogens with zero attached hydrogens (tertiary/aromatic N) is 4. The molecule has 1 aliphatic carbocycles. The Morgan fingerprint density at radius 1 is 1.26 bits per heavy atom. The maximum Gasteiger partial charge on any atom is 0.316 e. The number of para-hydroxylation sites is 1. The first-order valence-corrected chi connectivity index (χ1v) is 13.2. The molecule has 0 bridgehead atoms. The molecule has 1 unspecified atom stereocenters. The van der Waals surface area contributed by atoms with Gasteiger partial charge in [0, 0.05) is 4.88 Å². The molecule has 1 aliphatic rings. The first-order chi connectivity index (χ1) is 16.2. The number of carbonyl (C=O) groups excluding carboxylic acids is 1. The van der Waals surface area contributed by atoms with Crippen LogP contribution < -0.4 is 5.56 Å². The van der Waals surface area contributed by atoms with Crippen LogP contribution in [0.5, 0.6) is 0 Å². The number of ether oxygens (including phenoxy) is 1. The standard InChI is InChI=1S/C25H28N4O3S2/c1-14-8-6-7-9-17(14)28-21(31)20-16-11-10-15(25(2,3)4)12-18(16)34-22(20)29-23(28)26-27-24(29)33-13-19(30)32-5/h6-9,15H,10-13H2,1-5H3. The number of methoxy groups -OCH3 is 1. The Morgan fingerprint density at radius 2 is 2.03 bits per heavy atom. The number of esters is 1. The number of hydrogen-bond donors (Lipinski definition) is 0. The molecule has 0 saturated carbocycles. The lowest BCUT2D eigenvalue weighted by Crippen LogP contribution is -2.27. The van der Waals surface area contributed by atoms with Gasteiger partial charge in [-0.1, -0.05) is 50.7 Å². The van der Waals surface area contributed by atoms with Crippen LogP contribution in [0.4, 0.5) is 0 Å². The van der Waals surface area contributed by atoms with Crippen molar-refractivity contribution in [3.63, 3.8) is 0 Å². The summed E-state index contributed by atoms with van der Waals surface area (Å²) in [5.41, 5.74) is 3.09. The summed E-state index contributed by atoms with van der Waals surface area (Å²) in [4.78, 5) is 28.0. The molecule has 7 nitrogen and oxygen atoms in total. The van der Waals surface area contributed by atoms with E-state index in [2.05, 4.69) is 31.0 Å². The summed E-state index contributed by atoms with van der Waals surface area (Å²) in [7, 11) is 1.37. The molecule has 0 spiro atoms. The Bertz CT molecular complexity index is 1480. The van der Waals surface area contributed by atoms with E-state index >= 15 is 0 Å². The van der Waals surface area contributed by atoms with Crippen molar-refractivity contribution < 1.29 is 9.53 Å². The van der Waals surface area contributed by atoms with Crippen LogP contribution in [0.2, 0.25) is 0 Å². The molecule has 0 radical (unpaired) electrons. The third kappa shape index (κ3) is 3.75. The van der Waals surface area contributed by atoms with Crippen LogP contribution in [0.1, 0.15) is 43.2 Å². The molecule has 0 saturated heterocycles. The zero-order valence-electron chi connectivity index (χ0n) is 20.0. The van der Waals surface area contributed by atoms with Crippen LogP contribution >= 0.6 is 23.1 Å². The van der Waals surface area contributed by atoms with Crippen LogP contribution in [-0.4, -0.2) is 38.0 Å². The van der Waals surface area contributed by atoms with Gasteiger partial charge in [-0.3, -0.25) is 9.59 Å². The van der Waals surface area contributed by atoms with E-state index in [0.717, 1.165) is 46.3 Å². The monoisotopic (exact) mass is 496 g/mol. The van der Waals surface area contributed by atoms with E-state index in [-0.39, 0.29) is 22.7 Å². The highest BCUT2D eigenvalue weighted by molar-refractivity contribution is 7.99. The highest BCUT2D eigenvalue weighted by Gasteiger charge is 2.33. The van der Waals surface area contributed by atoms with Gasteiger partial charge in [0.1, 0.15) is 4.83 Å². The molecule has 3 aromatic heterocycles. The molecule has 0 aliphatic heterocycles. The summed E-state index contributed by atoms with van der Waals surface area (Å²) in [6, 6.07) is 7.81. The molecule has 0 amide bonds. The zero-order valence-corrected chi connectivity index (χ0v) is 21.7. The van der Waals surface area contributed by atoms with Crippen molar-refractivity contribution in [1.29, 1.82) is 0 Å². The van der Waals surface area contributed by atoms with Crippen molar-refractivity contribution in [2.45, 2.75) is 52.1 Å². The fourth-order valence-electron chi connectivity index (χ4n) is 4.78. The Morgan fingerprint density at radius 3 is 2.74 bits per heavy atom. The minimum absolute atomic E-state index is 0.0552. The summed E-state index contributed by atoms with van der Waals surface area (Å²) in [5.74, 6) is 0.824. The second-order valence-corrected chi connectivity index (χ2v) is 11.9. The maximum atomic E-state index is 14.0. The number of thiophene rings is 1. The molecule has 0 N–H and O–H groups in total. The molecule has 5 rings (SSSR count). The molecule has 1 aromatic carbocycles. The van der Waals surface area contributed by atoms with Crippen LogP contribution in [0.25, 0.3) is 21.7 Å². The SMILES string of the molecule is COC(=O)CSc1nnc2n(-c3ccccc3C)c(=O)c3c4c(sc3n12)CC(C(C)(C)C)CC4. The minimum Gasteiger partial charge on any atom is -0.468 e. The first-order valence-electron chi connectivity index (χ1n) is 11.4. The second kappa shape index (κ2) is 8.53. The Balaban J connectivity index is 1.80. The van der Waals surface area contributed by atoms with Crippen LogP contribution in [0, 0.1) is 18.3 Å². The number of aromatic nitrogens is 4. The number of aryl methyl sites for hydroxylation is 2. The molecular formula is C25H28N4O3S2. The maximum absolute atomic E-state index is 14.0. The fourth-order valence-corrected chi connectivity index (χ4v) is 7.02. The fraction of sp³-hybridized carbons (Fsp3) is 0.440. The highest BCUT2D eigenvalue weighted by Crippen LogP contribution is 2.43. The number of hydrogen-bond acceptors (Lipinski definition) is 7. The van der Waals surface area contributed by atoms with Gasteiger partial charge in [0.2, 0.25) is 5.78 Å². The third-order valence-corrected chi connectivity index (χ3v) is 8.95. The van der Waals surface area contributed by atoms with Crippen LogP contribution in [0.3, 0.4) is 0 Å². The van der Waals surface area contributed by atoms with Crippen molar-refractivity contribution in [3.05, 3.63) is 50.6 Å². The van der Waals surface area contributed by atoms with Crippen molar-refractivity contribution in [3.8, 4) is 5.69 Å². The van der Waals surface area contributed by atoms with E-state index in [1.54, 1.807) is 15.9 Å². The minimum atomic E-state index is -0.330. The number of benzene rings is 1. The highest BCUT2D eigenvalue weighted by atomic mass is 32.2. The van der Waals surface area contributed by atoms with Gasteiger partial charge >= 0.3 is 5.97 Å². The van der Waals surface area contributed by atoms with E-state index in [1.807, 2.05) is 35.6 Å². The predicted octanol–water partition coefficient (Wildman–Crippen LogP) is 4.82. The smallest absolute Gasteiger partial charge is 0.316 e. The molecular weight excluding hydrogens is 468 g/mol. The zero-order chi connectivity index (χ0) is 24.2. The third-order valence-electron chi connectivity index (χ3n) is 6.81. The molecule has 178 valence electrons. The summed E-state index contributed by atoms with van der Waals surface area (Å²) >= 11 is 2.95. The van der Waals surface area contributed by atoms with Crippen LogP contribution in [0.15, 0.2) is 34.2 Å². The van der Waals surface area contributed by atoms with Gasteiger partial charge in [0.05, 0.1) is 23.9 Å². The van der Waals surface area contributed by atoms with E-state index < -0.39 is 0 Å². The normalized spacial score (nSPS) is 16.2. The number of fused-ring (bicyclic) bond motifs is 5. The van der Waals surface area contributed by atoms with Gasteiger partial charge in [-0.25, -0.2) is 8.97 Å². The topological polar surface area (TPSA) is 78.5 Å². The van der Waals surface area contributed by atoms with Crippen molar-refractivity contribution in [1.82, 2.24) is 19.2 Å². The number of thioether (sulfide) groups is 1. The van der Waals surface area contributed by atoms with Crippen molar-refractivity contribution in [2.24, 2.45) is 11.3 Å². The lowest BCUT2D eigenvalue weighted by Gasteiger charge is -2.33. The quantitative estimate of drug-likeness (QED) is 0.298. The largest absolute Gasteiger partial charge is 0.468 e. The van der Waals surface area contributed by atoms with E-state index in [1.165, 1.54) is 23.7 Å². The summed E-state index contributed by atoms with van der Waals surface area (Å²) in [6.07, 6.45) is 2.92. The lowest BCUT2D eigenvalue weighted by atomic mass is 9.72. The van der Waals surface area contributed by atoms with Gasteiger partial charge in [-0.15, -0.1) is 21.5 Å². The van der Waals surface area contributed by atoms with Crippen molar-refractivity contribution in [2.75, 3.05) is 12.9 Å². The average Bonchev–Trinajstić information content (AvgIpc) is 3.39. The molecule has 4 aromatic rings. The summed E-state index contributed by atoms with van der Waals surface area (Å²) in [5, 5.41) is 10.1. The van der Waals surface area contributed by atoms with Crippen molar-refractivity contribution >= 4 is 45.1 Å². The molecule has 0 fully saturated rings. The Hall–Kier alpha value is -2.65. The molecule has 3 heterocycles. The lowest BCUT2D eigenvalue weighted by molar-refractivity contribution is -0.137. The molecule has 1 atom stereocenters. The van der Waals surface area contributed by atoms with Gasteiger partial charge in [0.25, 0.3) is 5.56 Å². The van der Waals surface area contributed by atoms with Crippen LogP contribution in [-0.2, 0) is 22.4 Å². The van der Waals surface area contributed by atoms with Gasteiger partial charge < -0.3 is 4.74 Å². The predicted molar refractivity (Wildman–Crippen MR) is 136 cm³/mol. The number of carbonyl (C=O) groups is 1.